The molecule has 6 atom stereocenters. The molecule has 1 fully saturated rings. The van der Waals surface area contributed by atoms with E-state index in [1.54, 1.807) is 37.3 Å². The van der Waals surface area contributed by atoms with Gasteiger partial charge in [-0.3, -0.25) is 15.0 Å². The van der Waals surface area contributed by atoms with Crippen molar-refractivity contribution in [2.45, 2.75) is 76.2 Å². The highest BCUT2D eigenvalue weighted by atomic mass is 16.7. The number of unbranched alkanes of at least 4 members (excludes halogenated alkanes) is 2. The van der Waals surface area contributed by atoms with Crippen LogP contribution in [-0.4, -0.2) is 90.0 Å². The van der Waals surface area contributed by atoms with E-state index < -0.39 is 40.8 Å². The van der Waals surface area contributed by atoms with Crippen LogP contribution in [0.2, 0.25) is 0 Å². The molecule has 0 spiro atoms. The van der Waals surface area contributed by atoms with Crippen LogP contribution in [0.3, 0.4) is 0 Å². The Hall–Kier alpha value is -6.17. The topological polar surface area (TPSA) is 210 Å². The minimum Gasteiger partial charge on any atom is -0.459 e. The lowest BCUT2D eigenvalue weighted by Gasteiger charge is -2.59. The van der Waals surface area contributed by atoms with Gasteiger partial charge in [0.1, 0.15) is 30.4 Å². The third kappa shape index (κ3) is 9.60. The zero-order chi connectivity index (χ0) is 44.5. The molecule has 63 heavy (non-hydrogen) atoms. The molecule has 3 aromatic rings. The smallest absolute Gasteiger partial charge is 0.416 e. The number of hydrogen-bond acceptors (Lipinski definition) is 14. The Morgan fingerprint density at radius 1 is 0.984 bits per heavy atom. The van der Waals surface area contributed by atoms with Crippen molar-refractivity contribution in [1.82, 2.24) is 10.2 Å². The molecule has 1 saturated carbocycles. The third-order valence-electron chi connectivity index (χ3n) is 12.0. The normalized spacial score (nSPS) is 23.3. The van der Waals surface area contributed by atoms with Crippen LogP contribution in [0.15, 0.2) is 90.1 Å². The van der Waals surface area contributed by atoms with E-state index in [0.717, 1.165) is 24.0 Å². The van der Waals surface area contributed by atoms with Crippen molar-refractivity contribution in [2.75, 3.05) is 40.3 Å². The highest BCUT2D eigenvalue weighted by Gasteiger charge is 2.65. The van der Waals surface area contributed by atoms with E-state index in [-0.39, 0.29) is 62.9 Å². The molecule has 2 aliphatic carbocycles. The number of non-ortho nitro benzene ring substituents is 1. The Labute approximate surface area is 365 Å². The molecule has 0 bridgehead atoms. The summed E-state index contributed by atoms with van der Waals surface area (Å²) in [6, 6.07) is 14.8. The first-order valence-corrected chi connectivity index (χ1v) is 21.3. The number of hydrogen-bond donors (Lipinski definition) is 3. The van der Waals surface area contributed by atoms with Crippen LogP contribution in [0.5, 0.6) is 28.7 Å². The van der Waals surface area contributed by atoms with Crippen LogP contribution in [-0.2, 0) is 16.1 Å². The summed E-state index contributed by atoms with van der Waals surface area (Å²) in [7, 11) is 1.46. The molecular formula is C46H54N4O13. The molecule has 3 aromatic carbocycles. The standard InChI is InChI=1S/C46H54N4O13/c1-4-22-60-46-41(49(27-29-12-18-39-40(23-29)59-28-58-39)45(54)62-32-15-13-31(14-16-32)50(55)56)26-37(48-57-3)35-24-30(10-6-8-20-51)34(11-7-9-21-52)42(43(35)46)36-25-33(17-19-38(36)63-46)61-44(53)47-5-2/h4,12-19,23-25,30,34,41-43,51-52H,1,5-11,20-22,26-28H2,2-3H3,(H,47,53). The number of aliphatic hydroxyl groups is 2. The monoisotopic (exact) mass is 870 g/mol. The molecule has 17 nitrogen and oxygen atoms in total. The van der Waals surface area contributed by atoms with Gasteiger partial charge in [0.2, 0.25) is 12.6 Å². The van der Waals surface area contributed by atoms with Gasteiger partial charge in [-0.25, -0.2) is 9.59 Å². The van der Waals surface area contributed by atoms with Gasteiger partial charge in [0, 0.05) is 56.3 Å². The van der Waals surface area contributed by atoms with Gasteiger partial charge in [-0.2, -0.15) is 0 Å². The molecule has 3 N–H and O–H groups in total. The second-order valence-corrected chi connectivity index (χ2v) is 15.8. The van der Waals surface area contributed by atoms with Gasteiger partial charge in [-0.05, 0) is 98.0 Å². The number of nitrogens with one attached hydrogen (secondary N) is 1. The van der Waals surface area contributed by atoms with E-state index in [9.17, 15) is 29.9 Å². The lowest BCUT2D eigenvalue weighted by Crippen LogP contribution is -2.70. The number of carbonyl (C=O) groups is 2. The van der Waals surface area contributed by atoms with Crippen LogP contribution in [0, 0.1) is 27.9 Å². The first-order chi connectivity index (χ1) is 30.6. The average molecular weight is 871 g/mol. The number of fused-ring (bicyclic) bond motifs is 3. The number of allylic oxidation sites excluding steroid dienone is 1. The van der Waals surface area contributed by atoms with Gasteiger partial charge in [0.05, 0.1) is 23.2 Å². The summed E-state index contributed by atoms with van der Waals surface area (Å²) in [5.74, 6) is -0.911. The maximum Gasteiger partial charge on any atom is 0.416 e. The summed E-state index contributed by atoms with van der Waals surface area (Å²) in [5.41, 5.74) is 2.62. The Kier molecular flexibility index (Phi) is 14.5. The molecule has 7 rings (SSSR count). The SMILES string of the molecule is C=CCOC12Oc3ccc(OC(=O)NCC)cc3C3C(CCCCO)C(CCCCO)C=C(C(=NOC)CC1N(Cc1ccc4c(c1)OCO4)C(=O)Oc1ccc([N+](=O)[O-])cc1)C32. The molecule has 2 aliphatic heterocycles. The lowest BCUT2D eigenvalue weighted by molar-refractivity contribution is -0.384. The third-order valence-corrected chi connectivity index (χ3v) is 12.0. The van der Waals surface area contributed by atoms with Gasteiger partial charge >= 0.3 is 12.2 Å². The summed E-state index contributed by atoms with van der Waals surface area (Å²) in [4.78, 5) is 45.7. The van der Waals surface area contributed by atoms with E-state index in [1.165, 1.54) is 36.3 Å². The Morgan fingerprint density at radius 3 is 2.43 bits per heavy atom. The van der Waals surface area contributed by atoms with Crippen molar-refractivity contribution >= 4 is 23.6 Å². The van der Waals surface area contributed by atoms with Crippen molar-refractivity contribution in [3.05, 3.63) is 106 Å². The molecule has 0 aromatic heterocycles. The number of nitro groups is 1. The predicted octanol–water partition coefficient (Wildman–Crippen LogP) is 7.40. The predicted molar refractivity (Wildman–Crippen MR) is 229 cm³/mol. The highest BCUT2D eigenvalue weighted by molar-refractivity contribution is 6.03. The maximum atomic E-state index is 15.0. The van der Waals surface area contributed by atoms with Gasteiger partial charge in [-0.15, -0.1) is 6.58 Å². The number of nitro benzene ring substituents is 1. The Morgan fingerprint density at radius 2 is 1.71 bits per heavy atom. The molecule has 2 heterocycles. The van der Waals surface area contributed by atoms with Gasteiger partial charge in [-0.1, -0.05) is 36.2 Å². The summed E-state index contributed by atoms with van der Waals surface area (Å²) >= 11 is 0. The number of amides is 2. The summed E-state index contributed by atoms with van der Waals surface area (Å²) < 4.78 is 37.4. The van der Waals surface area contributed by atoms with Crippen LogP contribution in [0.4, 0.5) is 15.3 Å². The number of nitrogens with zero attached hydrogens (tertiary/aromatic N) is 3. The average Bonchev–Trinajstić information content (AvgIpc) is 3.75. The molecule has 6 unspecified atom stereocenters. The van der Waals surface area contributed by atoms with Crippen LogP contribution < -0.4 is 29.0 Å². The number of ether oxygens (including phenoxy) is 6. The van der Waals surface area contributed by atoms with Crippen molar-refractivity contribution in [3.8, 4) is 28.7 Å². The van der Waals surface area contributed by atoms with E-state index >= 15 is 0 Å². The molecule has 4 aliphatic rings. The Bertz CT molecular complexity index is 2200. The number of oxime groups is 1. The second kappa shape index (κ2) is 20.3. The summed E-state index contributed by atoms with van der Waals surface area (Å²) in [6.07, 6.45) is 6.56. The quantitative estimate of drug-likeness (QED) is 0.0465. The summed E-state index contributed by atoms with van der Waals surface area (Å²) in [5, 5.41) is 38.5. The fourth-order valence-electron chi connectivity index (χ4n) is 9.44. The van der Waals surface area contributed by atoms with Crippen molar-refractivity contribution < 1.29 is 58.0 Å². The number of benzene rings is 3. The molecule has 336 valence electrons. The molecule has 17 heteroatoms. The maximum absolute atomic E-state index is 15.0. The van der Waals surface area contributed by atoms with E-state index in [2.05, 4.69) is 23.1 Å². The number of rotatable bonds is 19. The van der Waals surface area contributed by atoms with E-state index in [4.69, 9.17) is 33.3 Å². The van der Waals surface area contributed by atoms with Gasteiger partial charge in [0.15, 0.2) is 11.5 Å². The minimum absolute atomic E-state index is 0.0157. The second-order valence-electron chi connectivity index (χ2n) is 15.8. The van der Waals surface area contributed by atoms with Crippen LogP contribution in [0.1, 0.15) is 68.9 Å². The number of carbonyl (C=O) groups excluding carboxylic acids is 2. The zero-order valence-corrected chi connectivity index (χ0v) is 35.4. The van der Waals surface area contributed by atoms with E-state index in [1.807, 2.05) is 12.1 Å². The van der Waals surface area contributed by atoms with E-state index in [0.29, 0.717) is 66.5 Å². The fraction of sp³-hybridized carbons (Fsp3) is 0.457. The van der Waals surface area contributed by atoms with Crippen LogP contribution >= 0.6 is 0 Å². The molecule has 0 saturated heterocycles. The minimum atomic E-state index is -1.64. The zero-order valence-electron chi connectivity index (χ0n) is 35.4. The van der Waals surface area contributed by atoms with Crippen molar-refractivity contribution in [2.24, 2.45) is 22.9 Å². The largest absolute Gasteiger partial charge is 0.459 e. The summed E-state index contributed by atoms with van der Waals surface area (Å²) in [6.45, 7) is 6.24. The molecular weight excluding hydrogens is 817 g/mol. The first kappa shape index (κ1) is 44.9. The van der Waals surface area contributed by atoms with Gasteiger partial charge < -0.3 is 48.8 Å². The fourth-order valence-corrected chi connectivity index (χ4v) is 9.44. The number of aliphatic hydroxyl groups excluding tert-OH is 2. The molecule has 0 radical (unpaired) electrons. The van der Waals surface area contributed by atoms with Crippen molar-refractivity contribution in [3.63, 3.8) is 0 Å². The van der Waals surface area contributed by atoms with Crippen molar-refractivity contribution in [1.29, 1.82) is 0 Å². The van der Waals surface area contributed by atoms with Crippen LogP contribution in [0.25, 0.3) is 0 Å². The first-order valence-electron chi connectivity index (χ1n) is 21.3. The Balaban J connectivity index is 1.43. The van der Waals surface area contributed by atoms with Gasteiger partial charge in [0.25, 0.3) is 5.69 Å². The lowest BCUT2D eigenvalue weighted by atomic mass is 9.55. The highest BCUT2D eigenvalue weighted by Crippen LogP contribution is 2.62. The molecule has 2 amide bonds.